The molecule has 0 saturated carbocycles. The van der Waals surface area contributed by atoms with Crippen molar-refractivity contribution in [1.29, 1.82) is 0 Å². The van der Waals surface area contributed by atoms with E-state index < -0.39 is 12.0 Å². The van der Waals surface area contributed by atoms with E-state index in [4.69, 9.17) is 4.52 Å². The number of hydrogen-bond donors (Lipinski definition) is 1. The number of hydrogen-bond acceptors (Lipinski definition) is 4. The highest BCUT2D eigenvalue weighted by atomic mass is 16.5. The Balaban J connectivity index is 2.09. The number of carboxylic acids is 1. The van der Waals surface area contributed by atoms with Crippen molar-refractivity contribution in [3.05, 3.63) is 17.0 Å². The summed E-state index contributed by atoms with van der Waals surface area (Å²) in [5, 5.41) is 13.2. The number of aromatic nitrogens is 1. The number of aryl methyl sites for hydroxylation is 2. The summed E-state index contributed by atoms with van der Waals surface area (Å²) >= 11 is 0. The Morgan fingerprint density at radius 2 is 2.14 bits per heavy atom. The van der Waals surface area contributed by atoms with Crippen LogP contribution in [-0.4, -0.2) is 39.6 Å². The highest BCUT2D eigenvalue weighted by Crippen LogP contribution is 2.23. The summed E-state index contributed by atoms with van der Waals surface area (Å²) in [6.07, 6.45) is 2.80. The first kappa shape index (κ1) is 15.5. The van der Waals surface area contributed by atoms with Gasteiger partial charge in [0, 0.05) is 18.0 Å². The number of carbonyl (C=O) groups is 2. The minimum atomic E-state index is -0.910. The van der Waals surface area contributed by atoms with Crippen molar-refractivity contribution in [1.82, 2.24) is 10.1 Å². The number of amides is 1. The molecule has 2 atom stereocenters. The average molecular weight is 294 g/mol. The monoisotopic (exact) mass is 294 g/mol. The molecule has 0 spiro atoms. The maximum absolute atomic E-state index is 12.6. The largest absolute Gasteiger partial charge is 0.480 e. The molecule has 1 saturated heterocycles. The molecule has 1 aliphatic rings. The SMILES string of the molecule is Cc1noc(C)c1CC(C)C(=O)N1CCCCC1C(=O)O. The average Bonchev–Trinajstić information content (AvgIpc) is 2.78. The molecule has 1 N–H and O–H groups in total. The maximum atomic E-state index is 12.6. The van der Waals surface area contributed by atoms with Crippen molar-refractivity contribution < 1.29 is 19.2 Å². The van der Waals surface area contributed by atoms with Gasteiger partial charge in [0.15, 0.2) is 0 Å². The fraction of sp³-hybridized carbons (Fsp3) is 0.667. The van der Waals surface area contributed by atoms with Crippen LogP contribution in [0.15, 0.2) is 4.52 Å². The lowest BCUT2D eigenvalue weighted by atomic mass is 9.95. The second-order valence-corrected chi connectivity index (χ2v) is 5.79. The quantitative estimate of drug-likeness (QED) is 0.917. The summed E-state index contributed by atoms with van der Waals surface area (Å²) in [5.41, 5.74) is 1.74. The molecular formula is C15H22N2O4. The van der Waals surface area contributed by atoms with Gasteiger partial charge in [-0.05, 0) is 39.5 Å². The van der Waals surface area contributed by atoms with Crippen LogP contribution < -0.4 is 0 Å². The molecule has 0 aromatic carbocycles. The topological polar surface area (TPSA) is 83.6 Å². The Morgan fingerprint density at radius 3 is 2.71 bits per heavy atom. The molecule has 0 aliphatic carbocycles. The maximum Gasteiger partial charge on any atom is 0.326 e. The zero-order valence-corrected chi connectivity index (χ0v) is 12.8. The van der Waals surface area contributed by atoms with Gasteiger partial charge in [0.2, 0.25) is 5.91 Å². The van der Waals surface area contributed by atoms with Crippen molar-refractivity contribution in [3.8, 4) is 0 Å². The number of carbonyl (C=O) groups excluding carboxylic acids is 1. The van der Waals surface area contributed by atoms with E-state index in [1.165, 1.54) is 4.90 Å². The first-order valence-electron chi connectivity index (χ1n) is 7.36. The molecule has 1 aromatic rings. The highest BCUT2D eigenvalue weighted by Gasteiger charge is 2.34. The molecule has 6 nitrogen and oxygen atoms in total. The van der Waals surface area contributed by atoms with Crippen LogP contribution in [0.4, 0.5) is 0 Å². The number of likely N-dealkylation sites (tertiary alicyclic amines) is 1. The molecular weight excluding hydrogens is 272 g/mol. The van der Waals surface area contributed by atoms with Crippen LogP contribution in [0.5, 0.6) is 0 Å². The summed E-state index contributed by atoms with van der Waals surface area (Å²) in [7, 11) is 0. The van der Waals surface area contributed by atoms with Gasteiger partial charge in [-0.1, -0.05) is 12.1 Å². The number of carboxylic acid groups (broad SMARTS) is 1. The molecule has 2 heterocycles. The fourth-order valence-electron chi connectivity index (χ4n) is 2.92. The lowest BCUT2D eigenvalue weighted by Gasteiger charge is -2.34. The third kappa shape index (κ3) is 3.25. The van der Waals surface area contributed by atoms with E-state index in [0.717, 1.165) is 29.9 Å². The van der Waals surface area contributed by atoms with Crippen molar-refractivity contribution in [2.75, 3.05) is 6.54 Å². The van der Waals surface area contributed by atoms with Gasteiger partial charge >= 0.3 is 5.97 Å². The second kappa shape index (κ2) is 6.28. The summed E-state index contributed by atoms with van der Waals surface area (Å²) in [6, 6.07) is -0.682. The second-order valence-electron chi connectivity index (χ2n) is 5.79. The Bertz CT molecular complexity index is 518. The van der Waals surface area contributed by atoms with E-state index in [9.17, 15) is 14.7 Å². The molecule has 0 bridgehead atoms. The first-order chi connectivity index (χ1) is 9.91. The number of aliphatic carboxylic acids is 1. The summed E-state index contributed by atoms with van der Waals surface area (Å²) < 4.78 is 5.11. The lowest BCUT2D eigenvalue weighted by Crippen LogP contribution is -2.50. The number of rotatable bonds is 4. The van der Waals surface area contributed by atoms with Crippen molar-refractivity contribution in [2.45, 2.75) is 52.5 Å². The Hall–Kier alpha value is -1.85. The van der Waals surface area contributed by atoms with Gasteiger partial charge in [0.05, 0.1) is 5.69 Å². The molecule has 21 heavy (non-hydrogen) atoms. The van der Waals surface area contributed by atoms with Gasteiger partial charge < -0.3 is 14.5 Å². The summed E-state index contributed by atoms with van der Waals surface area (Å²) in [5.74, 6) is -0.558. The third-order valence-corrected chi connectivity index (χ3v) is 4.18. The molecule has 1 amide bonds. The van der Waals surface area contributed by atoms with Gasteiger partial charge in [-0.2, -0.15) is 0 Å². The molecule has 1 aliphatic heterocycles. The standard InChI is InChI=1S/C15H22N2O4/c1-9(8-12-10(2)16-21-11(12)3)14(18)17-7-5-4-6-13(17)15(19)20/h9,13H,4-8H2,1-3H3,(H,19,20). The van der Waals surface area contributed by atoms with E-state index in [0.29, 0.717) is 19.4 Å². The predicted molar refractivity (Wildman–Crippen MR) is 75.8 cm³/mol. The molecule has 2 unspecified atom stereocenters. The molecule has 1 fully saturated rings. The van der Waals surface area contributed by atoms with Crippen molar-refractivity contribution in [2.24, 2.45) is 5.92 Å². The zero-order valence-electron chi connectivity index (χ0n) is 12.8. The molecule has 116 valence electrons. The van der Waals surface area contributed by atoms with Gasteiger partial charge in [-0.25, -0.2) is 4.79 Å². The van der Waals surface area contributed by atoms with Crippen molar-refractivity contribution >= 4 is 11.9 Å². The van der Waals surface area contributed by atoms with Crippen LogP contribution in [0.25, 0.3) is 0 Å². The summed E-state index contributed by atoms with van der Waals surface area (Å²) in [6.45, 7) is 6.04. The van der Waals surface area contributed by atoms with Crippen molar-refractivity contribution in [3.63, 3.8) is 0 Å². The van der Waals surface area contributed by atoms with Crippen LogP contribution >= 0.6 is 0 Å². The van der Waals surface area contributed by atoms with E-state index in [-0.39, 0.29) is 11.8 Å². The molecule has 6 heteroatoms. The predicted octanol–water partition coefficient (Wildman–Crippen LogP) is 1.94. The van der Waals surface area contributed by atoms with E-state index in [1.807, 2.05) is 20.8 Å². The third-order valence-electron chi connectivity index (χ3n) is 4.18. The normalized spacial score (nSPS) is 20.3. The number of nitrogens with zero attached hydrogens (tertiary/aromatic N) is 2. The fourth-order valence-corrected chi connectivity index (χ4v) is 2.92. The minimum Gasteiger partial charge on any atom is -0.480 e. The molecule has 1 aromatic heterocycles. The first-order valence-corrected chi connectivity index (χ1v) is 7.36. The van der Waals surface area contributed by atoms with Crippen LogP contribution in [0.3, 0.4) is 0 Å². The van der Waals surface area contributed by atoms with Gasteiger partial charge in [-0.3, -0.25) is 4.79 Å². The highest BCUT2D eigenvalue weighted by molar-refractivity contribution is 5.85. The Kier molecular flexibility index (Phi) is 4.65. The van der Waals surface area contributed by atoms with Gasteiger partial charge in [0.25, 0.3) is 0 Å². The van der Waals surface area contributed by atoms with Crippen LogP contribution in [0, 0.1) is 19.8 Å². The Labute approximate surface area is 124 Å². The van der Waals surface area contributed by atoms with Gasteiger partial charge in [0.1, 0.15) is 11.8 Å². The van der Waals surface area contributed by atoms with Crippen LogP contribution in [0.1, 0.15) is 43.2 Å². The van der Waals surface area contributed by atoms with Gasteiger partial charge in [-0.15, -0.1) is 0 Å². The summed E-state index contributed by atoms with van der Waals surface area (Å²) in [4.78, 5) is 25.4. The lowest BCUT2D eigenvalue weighted by molar-refractivity contribution is -0.153. The Morgan fingerprint density at radius 1 is 1.43 bits per heavy atom. The minimum absolute atomic E-state index is 0.0953. The van der Waals surface area contributed by atoms with E-state index in [1.54, 1.807) is 0 Å². The molecule has 2 rings (SSSR count). The van der Waals surface area contributed by atoms with Crippen LogP contribution in [-0.2, 0) is 16.0 Å². The number of piperidine rings is 1. The molecule has 0 radical (unpaired) electrons. The smallest absolute Gasteiger partial charge is 0.326 e. The van der Waals surface area contributed by atoms with E-state index in [2.05, 4.69) is 5.16 Å². The van der Waals surface area contributed by atoms with Crippen LogP contribution in [0.2, 0.25) is 0 Å². The van der Waals surface area contributed by atoms with E-state index >= 15 is 0 Å². The zero-order chi connectivity index (χ0) is 15.6.